The van der Waals surface area contributed by atoms with Crippen LogP contribution >= 0.6 is 0 Å². The molecule has 1 aromatic heterocycles. The highest BCUT2D eigenvalue weighted by Crippen LogP contribution is 2.30. The number of aliphatic hydroxyl groups excluding tert-OH is 1. The van der Waals surface area contributed by atoms with Gasteiger partial charge in [-0.15, -0.1) is 0 Å². The number of nitrogens with zero attached hydrogens (tertiary/aromatic N) is 3. The van der Waals surface area contributed by atoms with Crippen molar-refractivity contribution in [2.24, 2.45) is 0 Å². The SMILES string of the molecule is O=C(c1cnc2c(c1)N(Cc1ccccc1)C(=O)CN2)N1CCCC(O)C1. The molecule has 0 saturated carbocycles. The summed E-state index contributed by atoms with van der Waals surface area (Å²) in [7, 11) is 0. The van der Waals surface area contributed by atoms with Gasteiger partial charge in [-0.2, -0.15) is 0 Å². The molecule has 1 atom stereocenters. The molecule has 1 unspecified atom stereocenters. The number of aromatic nitrogens is 1. The van der Waals surface area contributed by atoms with Gasteiger partial charge in [-0.05, 0) is 24.5 Å². The van der Waals surface area contributed by atoms with E-state index < -0.39 is 6.10 Å². The van der Waals surface area contributed by atoms with Crippen molar-refractivity contribution in [3.8, 4) is 0 Å². The second-order valence-electron chi connectivity index (χ2n) is 6.96. The van der Waals surface area contributed by atoms with E-state index in [2.05, 4.69) is 10.3 Å². The Morgan fingerprint density at radius 3 is 2.89 bits per heavy atom. The molecule has 0 spiro atoms. The maximum Gasteiger partial charge on any atom is 0.255 e. The number of fused-ring (bicyclic) bond motifs is 1. The van der Waals surface area contributed by atoms with Crippen molar-refractivity contribution in [2.75, 3.05) is 29.9 Å². The number of hydrogen-bond acceptors (Lipinski definition) is 5. The minimum Gasteiger partial charge on any atom is -0.391 e. The molecule has 27 heavy (non-hydrogen) atoms. The highest BCUT2D eigenvalue weighted by atomic mass is 16.3. The van der Waals surface area contributed by atoms with Crippen molar-refractivity contribution in [3.63, 3.8) is 0 Å². The van der Waals surface area contributed by atoms with E-state index in [4.69, 9.17) is 0 Å². The lowest BCUT2D eigenvalue weighted by molar-refractivity contribution is -0.117. The molecule has 1 fully saturated rings. The zero-order valence-electron chi connectivity index (χ0n) is 15.0. The van der Waals surface area contributed by atoms with E-state index in [0.29, 0.717) is 36.7 Å². The lowest BCUT2D eigenvalue weighted by Gasteiger charge is -2.32. The number of β-amino-alcohol motifs (C(OH)–C–C–N with tert-alkyl or cyclic N) is 1. The van der Waals surface area contributed by atoms with Crippen LogP contribution in [0.2, 0.25) is 0 Å². The van der Waals surface area contributed by atoms with Crippen LogP contribution in [0.25, 0.3) is 0 Å². The summed E-state index contributed by atoms with van der Waals surface area (Å²) in [5.74, 6) is 0.369. The molecular formula is C20H22N4O3. The number of rotatable bonds is 3. The quantitative estimate of drug-likeness (QED) is 0.863. The van der Waals surface area contributed by atoms with Crippen LogP contribution in [0, 0.1) is 0 Å². The molecule has 1 aromatic carbocycles. The number of hydrogen-bond donors (Lipinski definition) is 2. The number of pyridine rings is 1. The molecule has 2 aliphatic heterocycles. The van der Waals surface area contributed by atoms with Gasteiger partial charge in [0.05, 0.1) is 30.4 Å². The predicted molar refractivity (Wildman–Crippen MR) is 102 cm³/mol. The maximum atomic E-state index is 12.8. The summed E-state index contributed by atoms with van der Waals surface area (Å²) in [5, 5.41) is 12.8. The molecule has 0 bridgehead atoms. The summed E-state index contributed by atoms with van der Waals surface area (Å²) in [6.45, 7) is 1.56. The fraction of sp³-hybridized carbons (Fsp3) is 0.350. The monoisotopic (exact) mass is 366 g/mol. The van der Waals surface area contributed by atoms with E-state index in [1.165, 1.54) is 6.20 Å². The van der Waals surface area contributed by atoms with Gasteiger partial charge >= 0.3 is 0 Å². The topological polar surface area (TPSA) is 85.8 Å². The molecular weight excluding hydrogens is 344 g/mol. The van der Waals surface area contributed by atoms with Crippen LogP contribution in [0.3, 0.4) is 0 Å². The van der Waals surface area contributed by atoms with Gasteiger partial charge in [0.2, 0.25) is 5.91 Å². The van der Waals surface area contributed by atoms with E-state index in [1.54, 1.807) is 15.9 Å². The highest BCUT2D eigenvalue weighted by Gasteiger charge is 2.28. The first-order valence-electron chi connectivity index (χ1n) is 9.17. The summed E-state index contributed by atoms with van der Waals surface area (Å²) in [4.78, 5) is 33.0. The Hall–Kier alpha value is -2.93. The van der Waals surface area contributed by atoms with Crippen LogP contribution in [0.15, 0.2) is 42.6 Å². The number of piperidine rings is 1. The van der Waals surface area contributed by atoms with E-state index in [-0.39, 0.29) is 18.4 Å². The van der Waals surface area contributed by atoms with Gasteiger partial charge in [0, 0.05) is 19.3 Å². The lowest BCUT2D eigenvalue weighted by atomic mass is 10.1. The summed E-state index contributed by atoms with van der Waals surface area (Å²) in [5.41, 5.74) is 2.05. The van der Waals surface area contributed by atoms with Gasteiger partial charge in [0.15, 0.2) is 5.82 Å². The first kappa shape index (κ1) is 17.5. The number of aliphatic hydroxyl groups is 1. The number of amides is 2. The molecule has 2 N–H and O–H groups in total. The molecule has 1 saturated heterocycles. The maximum absolute atomic E-state index is 12.8. The molecule has 3 heterocycles. The number of nitrogens with one attached hydrogen (secondary N) is 1. The van der Waals surface area contributed by atoms with Crippen LogP contribution in [0.1, 0.15) is 28.8 Å². The third-order valence-electron chi connectivity index (χ3n) is 4.98. The van der Waals surface area contributed by atoms with Crippen LogP contribution in [-0.2, 0) is 11.3 Å². The third kappa shape index (κ3) is 3.64. The summed E-state index contributed by atoms with van der Waals surface area (Å²) < 4.78 is 0. The van der Waals surface area contributed by atoms with Crippen molar-refractivity contribution in [2.45, 2.75) is 25.5 Å². The zero-order chi connectivity index (χ0) is 18.8. The number of carbonyl (C=O) groups is 2. The van der Waals surface area contributed by atoms with Gasteiger partial charge in [-0.3, -0.25) is 9.59 Å². The largest absolute Gasteiger partial charge is 0.391 e. The van der Waals surface area contributed by atoms with E-state index in [0.717, 1.165) is 18.4 Å². The Labute approximate surface area is 157 Å². The van der Waals surface area contributed by atoms with Crippen molar-refractivity contribution in [3.05, 3.63) is 53.7 Å². The molecule has 0 radical (unpaired) electrons. The fourth-order valence-corrected chi connectivity index (χ4v) is 3.56. The van der Waals surface area contributed by atoms with E-state index in [1.807, 2.05) is 30.3 Å². The van der Waals surface area contributed by atoms with Gasteiger partial charge in [0.1, 0.15) is 0 Å². The van der Waals surface area contributed by atoms with Crippen LogP contribution in [0.4, 0.5) is 11.5 Å². The lowest BCUT2D eigenvalue weighted by Crippen LogP contribution is -2.43. The first-order chi connectivity index (χ1) is 13.1. The van der Waals surface area contributed by atoms with Crippen molar-refractivity contribution in [1.29, 1.82) is 0 Å². The Kier molecular flexibility index (Phi) is 4.77. The molecule has 7 heteroatoms. The molecule has 0 aliphatic carbocycles. The third-order valence-corrected chi connectivity index (χ3v) is 4.98. The molecule has 2 amide bonds. The second kappa shape index (κ2) is 7.36. The average molecular weight is 366 g/mol. The molecule has 2 aromatic rings. The first-order valence-corrected chi connectivity index (χ1v) is 9.17. The standard InChI is InChI=1S/C20H22N4O3/c25-16-7-4-8-23(13-16)20(27)15-9-17-19(21-10-15)22-11-18(26)24(17)12-14-5-2-1-3-6-14/h1-3,5-6,9-10,16,25H,4,7-8,11-13H2,(H,21,22). The minimum atomic E-state index is -0.480. The second-order valence-corrected chi connectivity index (χ2v) is 6.96. The van der Waals surface area contributed by atoms with E-state index >= 15 is 0 Å². The summed E-state index contributed by atoms with van der Waals surface area (Å²) >= 11 is 0. The van der Waals surface area contributed by atoms with Gasteiger partial charge in [-0.1, -0.05) is 30.3 Å². The van der Waals surface area contributed by atoms with Crippen LogP contribution < -0.4 is 10.2 Å². The highest BCUT2D eigenvalue weighted by molar-refractivity contribution is 6.04. The molecule has 140 valence electrons. The number of carbonyl (C=O) groups excluding carboxylic acids is 2. The van der Waals surface area contributed by atoms with Crippen molar-refractivity contribution >= 4 is 23.3 Å². The molecule has 2 aliphatic rings. The number of likely N-dealkylation sites (tertiary alicyclic amines) is 1. The molecule has 7 nitrogen and oxygen atoms in total. The smallest absolute Gasteiger partial charge is 0.255 e. The Balaban J connectivity index is 1.62. The van der Waals surface area contributed by atoms with Crippen molar-refractivity contribution in [1.82, 2.24) is 9.88 Å². The Morgan fingerprint density at radius 2 is 2.11 bits per heavy atom. The summed E-state index contributed by atoms with van der Waals surface area (Å²) in [6.07, 6.45) is 2.55. The minimum absolute atomic E-state index is 0.0638. The van der Waals surface area contributed by atoms with Gasteiger partial charge < -0.3 is 20.2 Å². The van der Waals surface area contributed by atoms with Crippen LogP contribution in [0.5, 0.6) is 0 Å². The molecule has 4 rings (SSSR count). The van der Waals surface area contributed by atoms with Gasteiger partial charge in [0.25, 0.3) is 5.91 Å². The summed E-state index contributed by atoms with van der Waals surface area (Å²) in [6, 6.07) is 11.5. The number of anilines is 2. The van der Waals surface area contributed by atoms with Crippen molar-refractivity contribution < 1.29 is 14.7 Å². The normalized spacial score (nSPS) is 19.4. The Bertz CT molecular complexity index is 856. The van der Waals surface area contributed by atoms with Gasteiger partial charge in [-0.25, -0.2) is 4.98 Å². The predicted octanol–water partition coefficient (Wildman–Crippen LogP) is 1.64. The average Bonchev–Trinajstić information content (AvgIpc) is 2.70. The van der Waals surface area contributed by atoms with E-state index in [9.17, 15) is 14.7 Å². The zero-order valence-corrected chi connectivity index (χ0v) is 15.0. The Morgan fingerprint density at radius 1 is 1.30 bits per heavy atom. The van der Waals surface area contributed by atoms with Crippen LogP contribution in [-0.4, -0.2) is 52.5 Å². The number of benzene rings is 1. The fourth-order valence-electron chi connectivity index (χ4n) is 3.56.